The fraction of sp³-hybridized carbons (Fsp3) is 0.688. The summed E-state index contributed by atoms with van der Waals surface area (Å²) in [5, 5.41) is 14.5. The van der Waals surface area contributed by atoms with Gasteiger partial charge in [-0.2, -0.15) is 0 Å². The lowest BCUT2D eigenvalue weighted by Crippen LogP contribution is -2.39. The Morgan fingerprint density at radius 1 is 1.23 bits per heavy atom. The molecule has 0 bridgehead atoms. The molecule has 1 aliphatic heterocycles. The minimum absolute atomic E-state index is 0.155. The predicted molar refractivity (Wildman–Crippen MR) is 83.8 cm³/mol. The van der Waals surface area contributed by atoms with Gasteiger partial charge in [0.2, 0.25) is 0 Å². The first-order chi connectivity index (χ1) is 10.7. The molecule has 1 saturated heterocycles. The summed E-state index contributed by atoms with van der Waals surface area (Å²) in [4.78, 5) is 12.1. The Balaban J connectivity index is 1.52. The highest BCUT2D eigenvalue weighted by molar-refractivity contribution is 5.92. The SMILES string of the molecule is CC(Nc1ccc(C(=O)NC2CCOCC2)nn1)C1CCC1. The standard InChI is InChI=1S/C16H24N4O2/c1-11(12-3-2-4-12)17-15-6-5-14(19-20-15)16(21)18-13-7-9-22-10-8-13/h5-6,11-13H,2-4,7-10H2,1H3,(H,17,20)(H,18,21). The van der Waals surface area contributed by atoms with Crippen LogP contribution in [0.2, 0.25) is 0 Å². The maximum atomic E-state index is 12.1. The Morgan fingerprint density at radius 2 is 2.00 bits per heavy atom. The van der Waals surface area contributed by atoms with Crippen LogP contribution in [0.5, 0.6) is 0 Å². The first-order valence-corrected chi connectivity index (χ1v) is 8.21. The van der Waals surface area contributed by atoms with Crippen LogP contribution in [0.3, 0.4) is 0 Å². The van der Waals surface area contributed by atoms with Crippen molar-refractivity contribution in [3.8, 4) is 0 Å². The average molecular weight is 304 g/mol. The number of anilines is 1. The molecule has 6 nitrogen and oxygen atoms in total. The Hall–Kier alpha value is -1.69. The molecule has 1 atom stereocenters. The molecule has 1 aliphatic carbocycles. The Morgan fingerprint density at radius 3 is 2.59 bits per heavy atom. The number of carbonyl (C=O) groups is 1. The second kappa shape index (κ2) is 7.05. The summed E-state index contributed by atoms with van der Waals surface area (Å²) in [7, 11) is 0. The molecule has 6 heteroatoms. The topological polar surface area (TPSA) is 76.1 Å². The fourth-order valence-electron chi connectivity index (χ4n) is 2.92. The third-order valence-electron chi connectivity index (χ3n) is 4.69. The number of ether oxygens (including phenoxy) is 1. The summed E-state index contributed by atoms with van der Waals surface area (Å²) >= 11 is 0. The molecule has 1 saturated carbocycles. The maximum absolute atomic E-state index is 12.1. The fourth-order valence-corrected chi connectivity index (χ4v) is 2.92. The van der Waals surface area contributed by atoms with E-state index in [1.165, 1.54) is 19.3 Å². The zero-order valence-corrected chi connectivity index (χ0v) is 13.0. The van der Waals surface area contributed by atoms with E-state index in [9.17, 15) is 4.79 Å². The van der Waals surface area contributed by atoms with Crippen LogP contribution < -0.4 is 10.6 Å². The molecule has 2 aliphatic rings. The molecule has 0 spiro atoms. The molecule has 1 unspecified atom stereocenters. The monoisotopic (exact) mass is 304 g/mol. The van der Waals surface area contributed by atoms with Gasteiger partial charge in [-0.3, -0.25) is 4.79 Å². The number of carbonyl (C=O) groups excluding carboxylic acids is 1. The normalized spacial score (nSPS) is 21.0. The van der Waals surface area contributed by atoms with Crippen LogP contribution in [0.4, 0.5) is 5.82 Å². The molecule has 0 radical (unpaired) electrons. The molecule has 2 N–H and O–H groups in total. The summed E-state index contributed by atoms with van der Waals surface area (Å²) in [6.45, 7) is 3.59. The molecule has 0 aromatic carbocycles. The number of hydrogen-bond donors (Lipinski definition) is 2. The number of nitrogens with zero attached hydrogens (tertiary/aromatic N) is 2. The van der Waals surface area contributed by atoms with Gasteiger partial charge in [0.05, 0.1) is 0 Å². The zero-order valence-electron chi connectivity index (χ0n) is 13.0. The average Bonchev–Trinajstić information content (AvgIpc) is 2.47. The van der Waals surface area contributed by atoms with Crippen molar-refractivity contribution in [1.29, 1.82) is 0 Å². The Kier molecular flexibility index (Phi) is 4.87. The minimum atomic E-state index is -0.155. The van der Waals surface area contributed by atoms with E-state index in [2.05, 4.69) is 27.8 Å². The highest BCUT2D eigenvalue weighted by atomic mass is 16.5. The summed E-state index contributed by atoms with van der Waals surface area (Å²) in [6, 6.07) is 4.16. The van der Waals surface area contributed by atoms with Gasteiger partial charge in [-0.05, 0) is 50.7 Å². The first kappa shape index (κ1) is 15.2. The number of aromatic nitrogens is 2. The minimum Gasteiger partial charge on any atom is -0.381 e. The van der Waals surface area contributed by atoms with Crippen LogP contribution in [-0.2, 0) is 4.74 Å². The molecular weight excluding hydrogens is 280 g/mol. The number of nitrogens with one attached hydrogen (secondary N) is 2. The van der Waals surface area contributed by atoms with E-state index in [0.717, 1.165) is 24.6 Å². The molecule has 1 amide bonds. The predicted octanol–water partition coefficient (Wildman–Crippen LogP) is 1.99. The highest BCUT2D eigenvalue weighted by Gasteiger charge is 2.24. The largest absolute Gasteiger partial charge is 0.381 e. The van der Waals surface area contributed by atoms with Crippen LogP contribution >= 0.6 is 0 Å². The van der Waals surface area contributed by atoms with Crippen molar-refractivity contribution in [1.82, 2.24) is 15.5 Å². The maximum Gasteiger partial charge on any atom is 0.272 e. The summed E-state index contributed by atoms with van der Waals surface area (Å²) in [6.07, 6.45) is 5.61. The van der Waals surface area contributed by atoms with Crippen molar-refractivity contribution in [2.45, 2.75) is 51.1 Å². The van der Waals surface area contributed by atoms with Crippen LogP contribution in [0.15, 0.2) is 12.1 Å². The molecular formula is C16H24N4O2. The molecule has 1 aromatic heterocycles. The van der Waals surface area contributed by atoms with Crippen LogP contribution in [0.1, 0.15) is 49.5 Å². The van der Waals surface area contributed by atoms with Gasteiger partial charge in [-0.15, -0.1) is 10.2 Å². The number of amides is 1. The zero-order chi connectivity index (χ0) is 15.4. The lowest BCUT2D eigenvalue weighted by molar-refractivity contribution is 0.0693. The van der Waals surface area contributed by atoms with Crippen LogP contribution in [-0.4, -0.2) is 41.4 Å². The molecule has 3 rings (SSSR count). The van der Waals surface area contributed by atoms with Gasteiger partial charge in [0.25, 0.3) is 5.91 Å². The molecule has 1 aromatic rings. The van der Waals surface area contributed by atoms with E-state index in [4.69, 9.17) is 4.74 Å². The van der Waals surface area contributed by atoms with Crippen LogP contribution in [0, 0.1) is 5.92 Å². The van der Waals surface area contributed by atoms with Crippen molar-refractivity contribution in [3.05, 3.63) is 17.8 Å². The second-order valence-electron chi connectivity index (χ2n) is 6.29. The van der Waals surface area contributed by atoms with E-state index < -0.39 is 0 Å². The van der Waals surface area contributed by atoms with E-state index in [-0.39, 0.29) is 11.9 Å². The molecule has 22 heavy (non-hydrogen) atoms. The second-order valence-corrected chi connectivity index (χ2v) is 6.29. The lowest BCUT2D eigenvalue weighted by Gasteiger charge is -2.32. The van der Waals surface area contributed by atoms with Gasteiger partial charge in [-0.1, -0.05) is 6.42 Å². The first-order valence-electron chi connectivity index (χ1n) is 8.21. The van der Waals surface area contributed by atoms with Gasteiger partial charge in [0, 0.05) is 25.3 Å². The van der Waals surface area contributed by atoms with E-state index >= 15 is 0 Å². The molecule has 2 fully saturated rings. The molecule has 120 valence electrons. The summed E-state index contributed by atoms with van der Waals surface area (Å²) < 4.78 is 5.29. The van der Waals surface area contributed by atoms with E-state index in [1.54, 1.807) is 6.07 Å². The van der Waals surface area contributed by atoms with Crippen molar-refractivity contribution in [3.63, 3.8) is 0 Å². The van der Waals surface area contributed by atoms with Crippen molar-refractivity contribution >= 4 is 11.7 Å². The van der Waals surface area contributed by atoms with Gasteiger partial charge in [0.15, 0.2) is 5.69 Å². The quantitative estimate of drug-likeness (QED) is 0.870. The van der Waals surface area contributed by atoms with Crippen LogP contribution in [0.25, 0.3) is 0 Å². The van der Waals surface area contributed by atoms with Crippen molar-refractivity contribution in [2.75, 3.05) is 18.5 Å². The number of hydrogen-bond acceptors (Lipinski definition) is 5. The van der Waals surface area contributed by atoms with Gasteiger partial charge in [0.1, 0.15) is 5.82 Å². The Bertz CT molecular complexity index is 495. The smallest absolute Gasteiger partial charge is 0.272 e. The van der Waals surface area contributed by atoms with Crippen molar-refractivity contribution < 1.29 is 9.53 Å². The van der Waals surface area contributed by atoms with E-state index in [1.807, 2.05) is 6.07 Å². The van der Waals surface area contributed by atoms with E-state index in [0.29, 0.717) is 24.9 Å². The third kappa shape index (κ3) is 3.74. The van der Waals surface area contributed by atoms with Gasteiger partial charge < -0.3 is 15.4 Å². The highest BCUT2D eigenvalue weighted by Crippen LogP contribution is 2.30. The van der Waals surface area contributed by atoms with Gasteiger partial charge >= 0.3 is 0 Å². The van der Waals surface area contributed by atoms with Gasteiger partial charge in [-0.25, -0.2) is 0 Å². The summed E-state index contributed by atoms with van der Waals surface area (Å²) in [5.41, 5.74) is 0.369. The third-order valence-corrected chi connectivity index (χ3v) is 4.69. The Labute approximate surface area is 131 Å². The van der Waals surface area contributed by atoms with Crippen molar-refractivity contribution in [2.24, 2.45) is 5.92 Å². The molecule has 2 heterocycles. The number of rotatable bonds is 5. The summed E-state index contributed by atoms with van der Waals surface area (Å²) in [5.74, 6) is 1.32. The lowest BCUT2D eigenvalue weighted by atomic mass is 9.80.